The number of rotatable bonds is 16. The van der Waals surface area contributed by atoms with Gasteiger partial charge in [-0.25, -0.2) is 14.6 Å². The second-order valence-electron chi connectivity index (χ2n) is 11.2. The highest BCUT2D eigenvalue weighted by molar-refractivity contribution is 5.86. The Morgan fingerprint density at radius 2 is 1.66 bits per heavy atom. The Balaban J connectivity index is 2.79. The third-order valence-corrected chi connectivity index (χ3v) is 5.39. The first kappa shape index (κ1) is 35.2. The maximum atomic E-state index is 13.2. The number of hydrogen-bond acceptors (Lipinski definition) is 8. The summed E-state index contributed by atoms with van der Waals surface area (Å²) in [7, 11) is 1.41. The van der Waals surface area contributed by atoms with Gasteiger partial charge < -0.3 is 30.5 Å². The fraction of sp³-hybridized carbons (Fsp3) is 0.607. The molecule has 4 amide bonds. The summed E-state index contributed by atoms with van der Waals surface area (Å²) in [6.45, 7) is 8.89. The molecular weight excluding hydrogens is 534 g/mol. The second-order valence-corrected chi connectivity index (χ2v) is 11.2. The van der Waals surface area contributed by atoms with Crippen LogP contribution < -0.4 is 21.4 Å². The number of carbonyl (C=O) groups excluding carboxylic acids is 4. The number of nitrogens with zero attached hydrogens (tertiary/aromatic N) is 1. The molecule has 41 heavy (non-hydrogen) atoms. The Hall–Kier alpha value is -3.87. The highest BCUT2D eigenvalue weighted by Crippen LogP contribution is 2.11. The molecule has 1 aromatic carbocycles. The number of alkyl carbamates (subject to hydrolysis) is 2. The molecule has 5 N–H and O–H groups in total. The van der Waals surface area contributed by atoms with E-state index in [0.717, 1.165) is 10.6 Å². The van der Waals surface area contributed by atoms with Gasteiger partial charge in [-0.2, -0.15) is 0 Å². The predicted octanol–water partition coefficient (Wildman–Crippen LogP) is 2.55. The number of benzene rings is 1. The van der Waals surface area contributed by atoms with E-state index in [2.05, 4.69) is 21.4 Å². The van der Waals surface area contributed by atoms with Gasteiger partial charge in [0.25, 0.3) is 0 Å². The number of hydrogen-bond donors (Lipinski definition) is 5. The van der Waals surface area contributed by atoms with E-state index < -0.39 is 54.2 Å². The average Bonchev–Trinajstić information content (AvgIpc) is 2.83. The van der Waals surface area contributed by atoms with E-state index in [1.807, 2.05) is 44.2 Å². The van der Waals surface area contributed by atoms with Crippen molar-refractivity contribution in [2.24, 2.45) is 5.92 Å². The third-order valence-electron chi connectivity index (χ3n) is 5.39. The zero-order chi connectivity index (χ0) is 31.0. The van der Waals surface area contributed by atoms with E-state index >= 15 is 0 Å². The molecule has 0 radical (unpaired) electrons. The molecule has 0 aliphatic rings. The Morgan fingerprint density at radius 1 is 1.00 bits per heavy atom. The van der Waals surface area contributed by atoms with E-state index in [4.69, 9.17) is 14.6 Å². The minimum absolute atomic E-state index is 0.0678. The Labute approximate surface area is 241 Å². The van der Waals surface area contributed by atoms with Crippen LogP contribution in [0.3, 0.4) is 0 Å². The molecule has 0 fully saturated rings. The van der Waals surface area contributed by atoms with Crippen LogP contribution in [0.5, 0.6) is 0 Å². The fourth-order valence-electron chi connectivity index (χ4n) is 3.72. The quantitative estimate of drug-likeness (QED) is 0.146. The van der Waals surface area contributed by atoms with Gasteiger partial charge in [-0.05, 0) is 51.5 Å². The molecule has 0 spiro atoms. The van der Waals surface area contributed by atoms with Gasteiger partial charge in [0.2, 0.25) is 11.8 Å². The van der Waals surface area contributed by atoms with Crippen molar-refractivity contribution in [3.05, 3.63) is 35.9 Å². The zero-order valence-corrected chi connectivity index (χ0v) is 24.8. The summed E-state index contributed by atoms with van der Waals surface area (Å²) in [5, 5.41) is 18.1. The molecule has 2 atom stereocenters. The van der Waals surface area contributed by atoms with Crippen molar-refractivity contribution in [2.75, 3.05) is 20.1 Å². The first-order valence-corrected chi connectivity index (χ1v) is 13.6. The number of carboxylic acids is 1. The average molecular weight is 580 g/mol. The lowest BCUT2D eigenvalue weighted by molar-refractivity contribution is -0.139. The van der Waals surface area contributed by atoms with Crippen molar-refractivity contribution >= 4 is 30.0 Å². The molecule has 2 unspecified atom stereocenters. The second kappa shape index (κ2) is 17.7. The van der Waals surface area contributed by atoms with Gasteiger partial charge in [0.15, 0.2) is 0 Å². The molecule has 0 aliphatic heterocycles. The van der Waals surface area contributed by atoms with Crippen molar-refractivity contribution < 1.29 is 38.6 Å². The van der Waals surface area contributed by atoms with Crippen LogP contribution in [0.15, 0.2) is 30.3 Å². The Morgan fingerprint density at radius 3 is 2.24 bits per heavy atom. The lowest BCUT2D eigenvalue weighted by Crippen LogP contribution is -2.52. The minimum Gasteiger partial charge on any atom is -0.480 e. The van der Waals surface area contributed by atoms with Crippen LogP contribution >= 0.6 is 0 Å². The molecule has 0 bridgehead atoms. The summed E-state index contributed by atoms with van der Waals surface area (Å²) in [6, 6.07) is 7.65. The molecule has 0 aliphatic carbocycles. The molecule has 1 rings (SSSR count). The van der Waals surface area contributed by atoms with Crippen LogP contribution in [0.2, 0.25) is 0 Å². The lowest BCUT2D eigenvalue weighted by atomic mass is 10.0. The zero-order valence-electron chi connectivity index (χ0n) is 24.8. The van der Waals surface area contributed by atoms with Crippen molar-refractivity contribution in [1.29, 1.82) is 0 Å². The summed E-state index contributed by atoms with van der Waals surface area (Å²) < 4.78 is 10.5. The summed E-state index contributed by atoms with van der Waals surface area (Å²) in [6.07, 6.45) is -0.448. The monoisotopic (exact) mass is 579 g/mol. The fourth-order valence-corrected chi connectivity index (χ4v) is 3.72. The number of hydrazine groups is 1. The van der Waals surface area contributed by atoms with E-state index in [9.17, 15) is 24.0 Å². The van der Waals surface area contributed by atoms with Crippen LogP contribution in [0, 0.1) is 5.92 Å². The largest absolute Gasteiger partial charge is 0.480 e. The number of amides is 4. The number of nitrogens with one attached hydrogen (secondary N) is 4. The first-order chi connectivity index (χ1) is 19.1. The van der Waals surface area contributed by atoms with Crippen LogP contribution in [-0.2, 0) is 30.5 Å². The number of aliphatic carboxylic acids is 1. The number of ether oxygens (including phenoxy) is 2. The standard InChI is InChI=1S/C28H45N5O8/c1-19(2)15-22(31-27(39)41-28(3,4)5)25(37)30-21(16-23(34)32-33(6)17-24(35)36)13-10-14-29-26(38)40-18-20-11-8-7-9-12-20/h7-9,11-12,19,21-22H,10,13-18H2,1-6H3,(H,29,38)(H,30,37)(H,31,39)(H,32,34)(H,35,36). The molecule has 0 heterocycles. The van der Waals surface area contributed by atoms with Gasteiger partial charge in [-0.3, -0.25) is 19.8 Å². The Kier molecular flexibility index (Phi) is 15.2. The Bertz CT molecular complexity index is 997. The molecule has 13 heteroatoms. The van der Waals surface area contributed by atoms with E-state index in [-0.39, 0.29) is 25.5 Å². The van der Waals surface area contributed by atoms with Crippen LogP contribution in [0.1, 0.15) is 65.9 Å². The summed E-state index contributed by atoms with van der Waals surface area (Å²) in [5.41, 5.74) is 2.56. The van der Waals surface area contributed by atoms with E-state index in [0.29, 0.717) is 19.3 Å². The first-order valence-electron chi connectivity index (χ1n) is 13.6. The van der Waals surface area contributed by atoms with Gasteiger partial charge in [0.1, 0.15) is 24.8 Å². The minimum atomic E-state index is -1.12. The molecular formula is C28H45N5O8. The molecule has 13 nitrogen and oxygen atoms in total. The smallest absolute Gasteiger partial charge is 0.408 e. The maximum absolute atomic E-state index is 13.2. The summed E-state index contributed by atoms with van der Waals surface area (Å²) in [5.74, 6) is -2.04. The third kappa shape index (κ3) is 17.4. The summed E-state index contributed by atoms with van der Waals surface area (Å²) >= 11 is 0. The van der Waals surface area contributed by atoms with Gasteiger partial charge in [0.05, 0.1) is 0 Å². The SMILES string of the molecule is CC(C)CC(NC(=O)OC(C)(C)C)C(=O)NC(CCCNC(=O)OCc1ccccc1)CC(=O)NN(C)CC(=O)O. The van der Waals surface area contributed by atoms with Gasteiger partial charge in [-0.15, -0.1) is 0 Å². The number of carboxylic acid groups (broad SMARTS) is 1. The van der Waals surface area contributed by atoms with E-state index in [1.165, 1.54) is 7.05 Å². The molecule has 1 aromatic rings. The lowest BCUT2D eigenvalue weighted by Gasteiger charge is -2.26. The van der Waals surface area contributed by atoms with Crippen molar-refractivity contribution in [1.82, 2.24) is 26.4 Å². The van der Waals surface area contributed by atoms with Crippen LogP contribution in [0.4, 0.5) is 9.59 Å². The van der Waals surface area contributed by atoms with Crippen LogP contribution in [0.25, 0.3) is 0 Å². The predicted molar refractivity (Wildman–Crippen MR) is 151 cm³/mol. The highest BCUT2D eigenvalue weighted by Gasteiger charge is 2.27. The van der Waals surface area contributed by atoms with Gasteiger partial charge >= 0.3 is 18.2 Å². The molecule has 0 saturated carbocycles. The normalized spacial score (nSPS) is 12.7. The van der Waals surface area contributed by atoms with E-state index in [1.54, 1.807) is 20.8 Å². The van der Waals surface area contributed by atoms with Gasteiger partial charge in [-0.1, -0.05) is 44.2 Å². The topological polar surface area (TPSA) is 175 Å². The van der Waals surface area contributed by atoms with Crippen molar-refractivity contribution in [2.45, 2.75) is 84.6 Å². The molecule has 0 aromatic heterocycles. The van der Waals surface area contributed by atoms with Crippen molar-refractivity contribution in [3.8, 4) is 0 Å². The maximum Gasteiger partial charge on any atom is 0.408 e. The highest BCUT2D eigenvalue weighted by atomic mass is 16.6. The molecule has 230 valence electrons. The molecule has 0 saturated heterocycles. The number of likely N-dealkylation sites (N-methyl/N-ethyl adjacent to an activating group) is 1. The summed E-state index contributed by atoms with van der Waals surface area (Å²) in [4.78, 5) is 61.1. The van der Waals surface area contributed by atoms with Crippen LogP contribution in [-0.4, -0.2) is 77.9 Å². The number of carbonyl (C=O) groups is 5. The van der Waals surface area contributed by atoms with Gasteiger partial charge in [0, 0.05) is 26.1 Å². The van der Waals surface area contributed by atoms with Crippen molar-refractivity contribution in [3.63, 3.8) is 0 Å².